The lowest BCUT2D eigenvalue weighted by atomic mass is 9.91. The van der Waals surface area contributed by atoms with Gasteiger partial charge in [-0.3, -0.25) is 9.59 Å². The van der Waals surface area contributed by atoms with Crippen molar-refractivity contribution in [3.05, 3.63) is 59.9 Å². The number of allylic oxidation sites excluding steroid dienone is 4. The number of carbonyl (C=O) groups excluding carboxylic acids is 3. The molecule has 1 aliphatic carbocycles. The molecule has 0 bridgehead atoms. The Hall–Kier alpha value is -3.00. The fraction of sp³-hybridized carbons (Fsp3) is 0.381. The second-order valence-electron chi connectivity index (χ2n) is 6.95. The van der Waals surface area contributed by atoms with Gasteiger partial charge in [-0.2, -0.15) is 5.54 Å². The number of ether oxygens (including phenoxy) is 1. The maximum absolute atomic E-state index is 12.7. The van der Waals surface area contributed by atoms with Gasteiger partial charge in [0.25, 0.3) is 5.91 Å². The van der Waals surface area contributed by atoms with Gasteiger partial charge < -0.3 is 14.7 Å². The highest BCUT2D eigenvalue weighted by molar-refractivity contribution is 5.93. The standard InChI is InChI=1S/C21H25FN2O5/c1-4-10-29-21(28)19-17(11-18(24(19)12-25)13(2)14(3)26)15-6-5-7-16(9-8-15)20(27)23-22/h4-9,12-14,16,18,26H,1,10-11H2,2-3H3,(H,23,27)/t13-,14-,16?,18?/m1/s1. The number of amides is 2. The predicted molar refractivity (Wildman–Crippen MR) is 104 cm³/mol. The molecule has 2 rings (SSSR count). The number of rotatable bonds is 8. The predicted octanol–water partition coefficient (Wildman–Crippen LogP) is 1.89. The Morgan fingerprint density at radius 2 is 2.17 bits per heavy atom. The number of carbonyl (C=O) groups is 3. The van der Waals surface area contributed by atoms with Crippen LogP contribution in [-0.4, -0.2) is 47.0 Å². The van der Waals surface area contributed by atoms with Gasteiger partial charge in [0.1, 0.15) is 12.3 Å². The average molecular weight is 404 g/mol. The van der Waals surface area contributed by atoms with Crippen molar-refractivity contribution in [2.75, 3.05) is 6.61 Å². The fourth-order valence-electron chi connectivity index (χ4n) is 3.35. The van der Waals surface area contributed by atoms with Gasteiger partial charge in [0.05, 0.1) is 12.0 Å². The van der Waals surface area contributed by atoms with Crippen molar-refractivity contribution in [2.24, 2.45) is 11.8 Å². The van der Waals surface area contributed by atoms with Crippen LogP contribution >= 0.6 is 0 Å². The highest BCUT2D eigenvalue weighted by atomic mass is 19.2. The number of aliphatic hydroxyl groups excluding tert-OH is 1. The van der Waals surface area contributed by atoms with E-state index in [1.165, 1.54) is 23.1 Å². The van der Waals surface area contributed by atoms with Crippen LogP contribution in [0, 0.1) is 11.8 Å². The normalized spacial score (nSPS) is 23.2. The molecular weight excluding hydrogens is 379 g/mol. The molecule has 4 atom stereocenters. The van der Waals surface area contributed by atoms with Crippen LogP contribution in [0.15, 0.2) is 59.9 Å². The molecule has 1 heterocycles. The number of nitrogens with one attached hydrogen (secondary N) is 1. The summed E-state index contributed by atoms with van der Waals surface area (Å²) in [5.41, 5.74) is 2.32. The van der Waals surface area contributed by atoms with Gasteiger partial charge in [0, 0.05) is 12.0 Å². The van der Waals surface area contributed by atoms with E-state index >= 15 is 0 Å². The second-order valence-corrected chi connectivity index (χ2v) is 6.95. The zero-order valence-corrected chi connectivity index (χ0v) is 16.4. The molecule has 0 aromatic carbocycles. The Kier molecular flexibility index (Phi) is 7.67. The Bertz CT molecular complexity index is 797. The van der Waals surface area contributed by atoms with Gasteiger partial charge in [-0.15, -0.1) is 4.48 Å². The van der Waals surface area contributed by atoms with E-state index in [4.69, 9.17) is 4.74 Å². The van der Waals surface area contributed by atoms with Crippen LogP contribution in [0.1, 0.15) is 20.3 Å². The van der Waals surface area contributed by atoms with Gasteiger partial charge in [-0.05, 0) is 24.5 Å². The summed E-state index contributed by atoms with van der Waals surface area (Å²) in [5, 5.41) is 10.0. The molecule has 29 heavy (non-hydrogen) atoms. The van der Waals surface area contributed by atoms with Crippen LogP contribution in [0.25, 0.3) is 0 Å². The first-order chi connectivity index (χ1) is 13.8. The zero-order valence-electron chi connectivity index (χ0n) is 16.4. The molecule has 156 valence electrons. The molecular formula is C21H25FN2O5. The Balaban J connectivity index is 2.47. The lowest BCUT2D eigenvalue weighted by Gasteiger charge is -2.29. The Morgan fingerprint density at radius 3 is 2.76 bits per heavy atom. The SMILES string of the molecule is C=CCOC(=O)C1=C(C2=CC=CC(C(=O)NF)C=C2)CC([C@H](C)[C@@H](C)O)N1C=O. The van der Waals surface area contributed by atoms with E-state index in [2.05, 4.69) is 6.58 Å². The van der Waals surface area contributed by atoms with Gasteiger partial charge >= 0.3 is 5.97 Å². The summed E-state index contributed by atoms with van der Waals surface area (Å²) in [7, 11) is 0. The molecule has 7 nitrogen and oxygen atoms in total. The molecule has 2 unspecified atom stereocenters. The molecule has 0 radical (unpaired) electrons. The first kappa shape index (κ1) is 22.3. The summed E-state index contributed by atoms with van der Waals surface area (Å²) in [6.45, 7) is 6.90. The molecule has 0 spiro atoms. The van der Waals surface area contributed by atoms with Crippen molar-refractivity contribution < 1.29 is 28.7 Å². The topological polar surface area (TPSA) is 95.9 Å². The number of nitrogens with zero attached hydrogens (tertiary/aromatic N) is 1. The lowest BCUT2D eigenvalue weighted by Crippen LogP contribution is -2.40. The third-order valence-electron chi connectivity index (χ3n) is 5.14. The summed E-state index contributed by atoms with van der Waals surface area (Å²) >= 11 is 0. The molecule has 2 aliphatic rings. The van der Waals surface area contributed by atoms with E-state index < -0.39 is 29.9 Å². The third kappa shape index (κ3) is 4.89. The molecule has 0 aromatic heterocycles. The quantitative estimate of drug-likeness (QED) is 0.279. The minimum Gasteiger partial charge on any atom is -0.457 e. The molecule has 0 aromatic rings. The minimum absolute atomic E-state index is 0.0214. The summed E-state index contributed by atoms with van der Waals surface area (Å²) in [6.07, 6.45) is 9.46. The number of hydrogen-bond acceptors (Lipinski definition) is 5. The molecule has 1 aliphatic heterocycles. The van der Waals surface area contributed by atoms with Crippen LogP contribution in [0.2, 0.25) is 0 Å². The molecule has 0 saturated carbocycles. The van der Waals surface area contributed by atoms with Crippen molar-refractivity contribution >= 4 is 18.3 Å². The van der Waals surface area contributed by atoms with Crippen molar-refractivity contribution in [2.45, 2.75) is 32.4 Å². The zero-order chi connectivity index (χ0) is 21.6. The fourth-order valence-corrected chi connectivity index (χ4v) is 3.35. The molecule has 2 amide bonds. The Labute approximate surface area is 168 Å². The monoisotopic (exact) mass is 404 g/mol. The van der Waals surface area contributed by atoms with E-state index in [-0.39, 0.29) is 18.2 Å². The summed E-state index contributed by atoms with van der Waals surface area (Å²) in [4.78, 5) is 37.4. The molecule has 8 heteroatoms. The second kappa shape index (κ2) is 9.97. The van der Waals surface area contributed by atoms with Gasteiger partial charge in [-0.1, -0.05) is 50.0 Å². The van der Waals surface area contributed by atoms with Gasteiger partial charge in [0.15, 0.2) is 0 Å². The Morgan fingerprint density at radius 1 is 1.45 bits per heavy atom. The van der Waals surface area contributed by atoms with Crippen LogP contribution in [0.3, 0.4) is 0 Å². The average Bonchev–Trinajstić information content (AvgIpc) is 2.93. The number of esters is 1. The van der Waals surface area contributed by atoms with E-state index in [1.807, 2.05) is 0 Å². The van der Waals surface area contributed by atoms with Crippen LogP contribution in [0.4, 0.5) is 4.48 Å². The summed E-state index contributed by atoms with van der Waals surface area (Å²) in [5.74, 6) is -2.61. The third-order valence-corrected chi connectivity index (χ3v) is 5.14. The van der Waals surface area contributed by atoms with E-state index in [9.17, 15) is 24.0 Å². The molecule has 2 N–H and O–H groups in total. The maximum atomic E-state index is 12.7. The van der Waals surface area contributed by atoms with Crippen molar-refractivity contribution in [3.63, 3.8) is 0 Å². The highest BCUT2D eigenvalue weighted by Gasteiger charge is 2.41. The first-order valence-corrected chi connectivity index (χ1v) is 9.26. The van der Waals surface area contributed by atoms with Crippen molar-refractivity contribution in [3.8, 4) is 0 Å². The van der Waals surface area contributed by atoms with Crippen molar-refractivity contribution in [1.29, 1.82) is 0 Å². The van der Waals surface area contributed by atoms with Crippen LogP contribution in [-0.2, 0) is 19.1 Å². The van der Waals surface area contributed by atoms with Crippen LogP contribution < -0.4 is 5.54 Å². The van der Waals surface area contributed by atoms with E-state index in [1.54, 1.807) is 32.1 Å². The summed E-state index contributed by atoms with van der Waals surface area (Å²) < 4.78 is 17.6. The number of hydrogen-bond donors (Lipinski definition) is 2. The summed E-state index contributed by atoms with van der Waals surface area (Å²) in [6, 6.07) is -0.444. The van der Waals surface area contributed by atoms with Crippen molar-refractivity contribution in [1.82, 2.24) is 10.4 Å². The largest absolute Gasteiger partial charge is 0.457 e. The number of halogens is 1. The van der Waals surface area contributed by atoms with Crippen LogP contribution in [0.5, 0.6) is 0 Å². The maximum Gasteiger partial charge on any atom is 0.355 e. The van der Waals surface area contributed by atoms with E-state index in [0.29, 0.717) is 24.0 Å². The molecule has 0 fully saturated rings. The minimum atomic E-state index is -0.812. The first-order valence-electron chi connectivity index (χ1n) is 9.26. The smallest absolute Gasteiger partial charge is 0.355 e. The number of aliphatic hydroxyl groups is 1. The van der Waals surface area contributed by atoms with Gasteiger partial charge in [-0.25, -0.2) is 4.79 Å². The van der Waals surface area contributed by atoms with Gasteiger partial charge in [0.2, 0.25) is 6.41 Å². The molecule has 0 saturated heterocycles. The highest BCUT2D eigenvalue weighted by Crippen LogP contribution is 2.38. The lowest BCUT2D eigenvalue weighted by molar-refractivity contribution is -0.141. The van der Waals surface area contributed by atoms with E-state index in [0.717, 1.165) is 5.54 Å².